The van der Waals surface area contributed by atoms with Gasteiger partial charge in [-0.15, -0.1) is 0 Å². The first kappa shape index (κ1) is 17.8. The minimum Gasteiger partial charge on any atom is -0.491 e. The molecule has 0 aromatic heterocycles. The van der Waals surface area contributed by atoms with Crippen molar-refractivity contribution in [2.75, 3.05) is 17.0 Å². The van der Waals surface area contributed by atoms with Crippen molar-refractivity contribution in [3.05, 3.63) is 24.3 Å². The van der Waals surface area contributed by atoms with Gasteiger partial charge in [0, 0.05) is 18.7 Å². The van der Waals surface area contributed by atoms with E-state index in [1.807, 2.05) is 33.8 Å². The van der Waals surface area contributed by atoms with Crippen molar-refractivity contribution >= 4 is 15.7 Å². The van der Waals surface area contributed by atoms with Crippen LogP contribution >= 0.6 is 0 Å². The van der Waals surface area contributed by atoms with Gasteiger partial charge < -0.3 is 10.1 Å². The molecule has 21 heavy (non-hydrogen) atoms. The number of sulfonamides is 1. The first-order chi connectivity index (χ1) is 9.82. The molecule has 0 amide bonds. The molecule has 0 saturated carbocycles. The van der Waals surface area contributed by atoms with Crippen LogP contribution in [0.3, 0.4) is 0 Å². The zero-order valence-electron chi connectivity index (χ0n) is 13.2. The minimum absolute atomic E-state index is 0.0433. The number of anilines is 1. The Bertz CT molecular complexity index is 529. The van der Waals surface area contributed by atoms with E-state index in [0.717, 1.165) is 6.42 Å². The molecule has 0 aliphatic heterocycles. The van der Waals surface area contributed by atoms with Gasteiger partial charge in [0.15, 0.2) is 0 Å². The Kier molecular flexibility index (Phi) is 6.98. The Morgan fingerprint density at radius 3 is 2.57 bits per heavy atom. The average molecular weight is 314 g/mol. The molecule has 1 unspecified atom stereocenters. The predicted octanol–water partition coefficient (Wildman–Crippen LogP) is 2.60. The summed E-state index contributed by atoms with van der Waals surface area (Å²) in [5.74, 6) is 0.714. The second kappa shape index (κ2) is 8.24. The van der Waals surface area contributed by atoms with E-state index in [9.17, 15) is 8.42 Å². The summed E-state index contributed by atoms with van der Waals surface area (Å²) in [7, 11) is -3.35. The molecule has 0 radical (unpaired) electrons. The number of nitrogens with one attached hydrogen (secondary N) is 2. The molecule has 1 rings (SSSR count). The topological polar surface area (TPSA) is 67.4 Å². The van der Waals surface area contributed by atoms with Gasteiger partial charge >= 0.3 is 0 Å². The van der Waals surface area contributed by atoms with Crippen LogP contribution in [-0.2, 0) is 10.0 Å². The SMILES string of the molecule is CCC(C)Oc1cccc(NS(=O)(=O)CCNC(C)C)c1. The molecule has 1 aromatic rings. The van der Waals surface area contributed by atoms with Crippen LogP contribution in [0, 0.1) is 0 Å². The zero-order chi connectivity index (χ0) is 15.9. The molecule has 1 aromatic carbocycles. The minimum atomic E-state index is -3.35. The molecular weight excluding hydrogens is 288 g/mol. The van der Waals surface area contributed by atoms with Crippen molar-refractivity contribution in [2.45, 2.75) is 46.3 Å². The normalized spacial score (nSPS) is 13.2. The van der Waals surface area contributed by atoms with E-state index < -0.39 is 10.0 Å². The molecule has 5 nitrogen and oxygen atoms in total. The summed E-state index contributed by atoms with van der Waals surface area (Å²) in [6.45, 7) is 8.41. The third-order valence-corrected chi connectivity index (χ3v) is 4.23. The summed E-state index contributed by atoms with van der Waals surface area (Å²) in [4.78, 5) is 0. The van der Waals surface area contributed by atoms with Gasteiger partial charge in [0.25, 0.3) is 0 Å². The van der Waals surface area contributed by atoms with Gasteiger partial charge in [-0.25, -0.2) is 8.42 Å². The van der Waals surface area contributed by atoms with E-state index in [4.69, 9.17) is 4.74 Å². The van der Waals surface area contributed by atoms with Crippen molar-refractivity contribution < 1.29 is 13.2 Å². The number of hydrogen-bond acceptors (Lipinski definition) is 4. The zero-order valence-corrected chi connectivity index (χ0v) is 14.0. The maximum Gasteiger partial charge on any atom is 0.233 e. The smallest absolute Gasteiger partial charge is 0.233 e. The number of ether oxygens (including phenoxy) is 1. The van der Waals surface area contributed by atoms with Crippen molar-refractivity contribution in [1.29, 1.82) is 0 Å². The van der Waals surface area contributed by atoms with Crippen LogP contribution < -0.4 is 14.8 Å². The fourth-order valence-corrected chi connectivity index (χ4v) is 2.64. The van der Waals surface area contributed by atoms with E-state index in [1.165, 1.54) is 0 Å². The standard InChI is InChI=1S/C15H26N2O3S/c1-5-13(4)20-15-8-6-7-14(11-15)17-21(18,19)10-9-16-12(2)3/h6-8,11-13,16-17H,5,9-10H2,1-4H3. The average Bonchev–Trinajstić information content (AvgIpc) is 2.37. The highest BCUT2D eigenvalue weighted by Crippen LogP contribution is 2.20. The number of rotatable bonds is 9. The van der Waals surface area contributed by atoms with Crippen molar-refractivity contribution in [3.8, 4) is 5.75 Å². The van der Waals surface area contributed by atoms with Crippen LogP contribution in [0.15, 0.2) is 24.3 Å². The first-order valence-electron chi connectivity index (χ1n) is 7.33. The van der Waals surface area contributed by atoms with Gasteiger partial charge in [-0.3, -0.25) is 4.72 Å². The summed E-state index contributed by atoms with van der Waals surface area (Å²) < 4.78 is 32.2. The van der Waals surface area contributed by atoms with Gasteiger partial charge in [0.2, 0.25) is 10.0 Å². The third-order valence-electron chi connectivity index (χ3n) is 2.94. The van der Waals surface area contributed by atoms with Crippen LogP contribution in [0.5, 0.6) is 5.75 Å². The van der Waals surface area contributed by atoms with Gasteiger partial charge in [0.05, 0.1) is 17.5 Å². The Morgan fingerprint density at radius 1 is 1.24 bits per heavy atom. The lowest BCUT2D eigenvalue weighted by atomic mass is 10.3. The predicted molar refractivity (Wildman–Crippen MR) is 87.4 cm³/mol. The number of benzene rings is 1. The number of hydrogen-bond donors (Lipinski definition) is 2. The van der Waals surface area contributed by atoms with Gasteiger partial charge in [0.1, 0.15) is 5.75 Å². The summed E-state index contributed by atoms with van der Waals surface area (Å²) >= 11 is 0. The van der Waals surface area contributed by atoms with Crippen LogP contribution in [0.4, 0.5) is 5.69 Å². The van der Waals surface area contributed by atoms with Crippen LogP contribution in [0.1, 0.15) is 34.1 Å². The largest absolute Gasteiger partial charge is 0.491 e. The fourth-order valence-electron chi connectivity index (χ4n) is 1.66. The molecule has 120 valence electrons. The Balaban J connectivity index is 2.63. The van der Waals surface area contributed by atoms with Crippen molar-refractivity contribution in [1.82, 2.24) is 5.32 Å². The maximum atomic E-state index is 12.0. The highest BCUT2D eigenvalue weighted by Gasteiger charge is 2.11. The van der Waals surface area contributed by atoms with E-state index in [0.29, 0.717) is 18.0 Å². The molecule has 0 bridgehead atoms. The fraction of sp³-hybridized carbons (Fsp3) is 0.600. The lowest BCUT2D eigenvalue weighted by Crippen LogP contribution is -2.30. The highest BCUT2D eigenvalue weighted by atomic mass is 32.2. The quantitative estimate of drug-likeness (QED) is 0.735. The third kappa shape index (κ3) is 7.34. The molecular formula is C15H26N2O3S. The first-order valence-corrected chi connectivity index (χ1v) is 8.98. The molecule has 0 heterocycles. The van der Waals surface area contributed by atoms with Crippen LogP contribution in [0.25, 0.3) is 0 Å². The molecule has 0 fully saturated rings. The lowest BCUT2D eigenvalue weighted by Gasteiger charge is -2.14. The van der Waals surface area contributed by atoms with Crippen LogP contribution in [-0.4, -0.2) is 32.9 Å². The lowest BCUT2D eigenvalue weighted by molar-refractivity contribution is 0.217. The monoisotopic (exact) mass is 314 g/mol. The van der Waals surface area contributed by atoms with E-state index >= 15 is 0 Å². The Hall–Kier alpha value is -1.27. The molecule has 2 N–H and O–H groups in total. The van der Waals surface area contributed by atoms with Crippen LogP contribution in [0.2, 0.25) is 0 Å². The maximum absolute atomic E-state index is 12.0. The van der Waals surface area contributed by atoms with Gasteiger partial charge in [-0.1, -0.05) is 26.8 Å². The highest BCUT2D eigenvalue weighted by molar-refractivity contribution is 7.92. The van der Waals surface area contributed by atoms with Crippen molar-refractivity contribution in [2.24, 2.45) is 0 Å². The summed E-state index contributed by atoms with van der Waals surface area (Å²) in [5.41, 5.74) is 0.528. The molecule has 0 spiro atoms. The summed E-state index contributed by atoms with van der Waals surface area (Å²) in [6, 6.07) is 7.30. The van der Waals surface area contributed by atoms with Gasteiger partial charge in [-0.2, -0.15) is 0 Å². The van der Waals surface area contributed by atoms with E-state index in [-0.39, 0.29) is 17.9 Å². The second-order valence-electron chi connectivity index (χ2n) is 5.39. The summed E-state index contributed by atoms with van der Waals surface area (Å²) in [5, 5.41) is 3.09. The molecule has 6 heteroatoms. The van der Waals surface area contributed by atoms with E-state index in [2.05, 4.69) is 10.0 Å². The van der Waals surface area contributed by atoms with Crippen molar-refractivity contribution in [3.63, 3.8) is 0 Å². The summed E-state index contributed by atoms with van der Waals surface area (Å²) in [6.07, 6.45) is 1.00. The molecule has 0 saturated heterocycles. The van der Waals surface area contributed by atoms with E-state index in [1.54, 1.807) is 18.2 Å². The molecule has 1 atom stereocenters. The Labute approximate surface area is 128 Å². The second-order valence-corrected chi connectivity index (χ2v) is 7.24. The van der Waals surface area contributed by atoms with Gasteiger partial charge in [-0.05, 0) is 25.5 Å². The molecule has 0 aliphatic rings. The Morgan fingerprint density at radius 2 is 1.95 bits per heavy atom. The molecule has 0 aliphatic carbocycles.